The van der Waals surface area contributed by atoms with Crippen molar-refractivity contribution in [3.63, 3.8) is 0 Å². The van der Waals surface area contributed by atoms with Gasteiger partial charge in [0.2, 0.25) is 12.1 Å². The molecule has 0 aliphatic carbocycles. The van der Waals surface area contributed by atoms with Crippen molar-refractivity contribution in [2.75, 3.05) is 13.2 Å². The topological polar surface area (TPSA) is 48.4 Å². The maximum absolute atomic E-state index is 12.3. The molecule has 0 fully saturated rings. The summed E-state index contributed by atoms with van der Waals surface area (Å²) in [6.45, 7) is 4.55. The van der Waals surface area contributed by atoms with Gasteiger partial charge in [0.1, 0.15) is 0 Å². The molecule has 0 radical (unpaired) electrons. The summed E-state index contributed by atoms with van der Waals surface area (Å²) in [5, 5.41) is 0.931. The average Bonchev–Trinajstić information content (AvgIpc) is 2.46. The number of hydrogen-bond acceptors (Lipinski definition) is 4. The molecule has 0 unspecified atom stereocenters. The molecule has 1 aromatic carbocycles. The Morgan fingerprint density at radius 3 is 2.63 bits per heavy atom. The van der Waals surface area contributed by atoms with Gasteiger partial charge in [0.05, 0.1) is 5.52 Å². The predicted octanol–water partition coefficient (Wildman–Crippen LogP) is 2.82. The Morgan fingerprint density at radius 2 is 1.95 bits per heavy atom. The predicted molar refractivity (Wildman–Crippen MR) is 73.1 cm³/mol. The molecule has 4 nitrogen and oxygen atoms in total. The number of benzene rings is 1. The van der Waals surface area contributed by atoms with E-state index in [2.05, 4.69) is 4.98 Å². The molecule has 1 aromatic heterocycles. The monoisotopic (exact) mass is 259 g/mol. The van der Waals surface area contributed by atoms with Crippen LogP contribution in [0.1, 0.15) is 24.2 Å². The Kier molecular flexibility index (Phi) is 4.60. The first-order valence-electron chi connectivity index (χ1n) is 6.38. The Bertz CT molecular complexity index is 562. The van der Waals surface area contributed by atoms with Gasteiger partial charge < -0.3 is 9.47 Å². The van der Waals surface area contributed by atoms with Crippen LogP contribution in [-0.2, 0) is 9.47 Å². The molecule has 4 heteroatoms. The van der Waals surface area contributed by atoms with Gasteiger partial charge in [-0.15, -0.1) is 0 Å². The maximum Gasteiger partial charge on any atom is 0.222 e. The number of carbonyl (C=O) groups is 1. The zero-order valence-corrected chi connectivity index (χ0v) is 11.1. The Balaban J connectivity index is 2.29. The van der Waals surface area contributed by atoms with Crippen LogP contribution in [0.3, 0.4) is 0 Å². The van der Waals surface area contributed by atoms with Gasteiger partial charge in [-0.05, 0) is 38.1 Å². The fourth-order valence-electron chi connectivity index (χ4n) is 1.87. The minimum atomic E-state index is -0.830. The molecule has 2 aromatic rings. The standard InChI is InChI=1S/C15H17NO3/c1-3-18-15(19-4-2)14(17)12-7-8-13-11(10-12)6-5-9-16-13/h5-10,15H,3-4H2,1-2H3. The smallest absolute Gasteiger partial charge is 0.222 e. The molecule has 2 rings (SSSR count). The van der Waals surface area contributed by atoms with Gasteiger partial charge in [-0.3, -0.25) is 9.78 Å². The third-order valence-electron chi connectivity index (χ3n) is 2.74. The molecule has 0 N–H and O–H groups in total. The summed E-state index contributed by atoms with van der Waals surface area (Å²) in [6.07, 6.45) is 0.900. The maximum atomic E-state index is 12.3. The van der Waals surface area contributed by atoms with Gasteiger partial charge in [0, 0.05) is 30.4 Å². The lowest BCUT2D eigenvalue weighted by atomic mass is 10.1. The van der Waals surface area contributed by atoms with Gasteiger partial charge in [0.25, 0.3) is 0 Å². The van der Waals surface area contributed by atoms with Crippen molar-refractivity contribution in [2.45, 2.75) is 20.1 Å². The molecule has 0 aliphatic heterocycles. The summed E-state index contributed by atoms with van der Waals surface area (Å²) in [6, 6.07) is 9.17. The van der Waals surface area contributed by atoms with Crippen molar-refractivity contribution in [2.24, 2.45) is 0 Å². The normalized spacial score (nSPS) is 11.1. The highest BCUT2D eigenvalue weighted by atomic mass is 16.7. The number of ether oxygens (including phenoxy) is 2. The van der Waals surface area contributed by atoms with Crippen molar-refractivity contribution in [3.05, 3.63) is 42.1 Å². The number of ketones is 1. The van der Waals surface area contributed by atoms with Crippen LogP contribution >= 0.6 is 0 Å². The minimum Gasteiger partial charge on any atom is -0.346 e. The lowest BCUT2D eigenvalue weighted by Crippen LogP contribution is -2.27. The third kappa shape index (κ3) is 3.16. The molecule has 0 saturated heterocycles. The second-order valence-electron chi connectivity index (χ2n) is 4.02. The number of rotatable bonds is 6. The van der Waals surface area contributed by atoms with Gasteiger partial charge in [0.15, 0.2) is 0 Å². The largest absolute Gasteiger partial charge is 0.346 e. The molecular weight excluding hydrogens is 242 g/mol. The van der Waals surface area contributed by atoms with E-state index in [-0.39, 0.29) is 5.78 Å². The third-order valence-corrected chi connectivity index (χ3v) is 2.74. The Hall–Kier alpha value is -1.78. The quantitative estimate of drug-likeness (QED) is 0.591. The van der Waals surface area contributed by atoms with E-state index in [0.29, 0.717) is 18.8 Å². The lowest BCUT2D eigenvalue weighted by Gasteiger charge is -2.15. The zero-order chi connectivity index (χ0) is 13.7. The zero-order valence-electron chi connectivity index (χ0n) is 11.1. The van der Waals surface area contributed by atoms with E-state index in [1.165, 1.54) is 0 Å². The summed E-state index contributed by atoms with van der Waals surface area (Å²) in [4.78, 5) is 16.5. The van der Waals surface area contributed by atoms with Gasteiger partial charge in [-0.2, -0.15) is 0 Å². The molecule has 19 heavy (non-hydrogen) atoms. The van der Waals surface area contributed by atoms with E-state index >= 15 is 0 Å². The summed E-state index contributed by atoms with van der Waals surface area (Å²) in [5.41, 5.74) is 1.44. The first-order chi connectivity index (χ1) is 9.26. The first kappa shape index (κ1) is 13.6. The van der Waals surface area contributed by atoms with Crippen molar-refractivity contribution in [1.82, 2.24) is 4.98 Å². The molecule has 100 valence electrons. The summed E-state index contributed by atoms with van der Waals surface area (Å²) in [5.74, 6) is -0.158. The van der Waals surface area contributed by atoms with E-state index in [1.54, 1.807) is 12.3 Å². The summed E-state index contributed by atoms with van der Waals surface area (Å²) >= 11 is 0. The number of hydrogen-bond donors (Lipinski definition) is 0. The van der Waals surface area contributed by atoms with Crippen molar-refractivity contribution < 1.29 is 14.3 Å². The first-order valence-corrected chi connectivity index (χ1v) is 6.38. The molecule has 0 bridgehead atoms. The highest BCUT2D eigenvalue weighted by Gasteiger charge is 2.20. The highest BCUT2D eigenvalue weighted by molar-refractivity contribution is 6.01. The average molecular weight is 259 g/mol. The number of Topliss-reactive ketones (excluding diaryl/α,β-unsaturated/α-hetero) is 1. The summed E-state index contributed by atoms with van der Waals surface area (Å²) < 4.78 is 10.6. The van der Waals surface area contributed by atoms with Crippen LogP contribution in [0.15, 0.2) is 36.5 Å². The molecule has 0 aliphatic rings. The molecule has 0 amide bonds. The van der Waals surface area contributed by atoms with Gasteiger partial charge in [-0.1, -0.05) is 6.07 Å². The lowest BCUT2D eigenvalue weighted by molar-refractivity contribution is -0.107. The highest BCUT2D eigenvalue weighted by Crippen LogP contribution is 2.16. The number of carbonyl (C=O) groups excluding carboxylic acids is 1. The summed E-state index contributed by atoms with van der Waals surface area (Å²) in [7, 11) is 0. The molecule has 0 spiro atoms. The fourth-order valence-corrected chi connectivity index (χ4v) is 1.87. The number of nitrogens with zero attached hydrogens (tertiary/aromatic N) is 1. The van der Waals surface area contributed by atoms with Crippen LogP contribution in [0.2, 0.25) is 0 Å². The van der Waals surface area contributed by atoms with Gasteiger partial charge in [-0.25, -0.2) is 0 Å². The second kappa shape index (κ2) is 6.41. The second-order valence-corrected chi connectivity index (χ2v) is 4.02. The number of fused-ring (bicyclic) bond motifs is 1. The van der Waals surface area contributed by atoms with E-state index in [0.717, 1.165) is 10.9 Å². The van der Waals surface area contributed by atoms with Crippen molar-refractivity contribution in [1.29, 1.82) is 0 Å². The van der Waals surface area contributed by atoms with Crippen LogP contribution in [0, 0.1) is 0 Å². The van der Waals surface area contributed by atoms with Crippen LogP contribution in [-0.4, -0.2) is 30.3 Å². The molecule has 0 saturated carbocycles. The number of pyridine rings is 1. The Labute approximate surface area is 112 Å². The van der Waals surface area contributed by atoms with Gasteiger partial charge >= 0.3 is 0 Å². The minimum absolute atomic E-state index is 0.158. The van der Waals surface area contributed by atoms with Crippen LogP contribution in [0.4, 0.5) is 0 Å². The number of aromatic nitrogens is 1. The Morgan fingerprint density at radius 1 is 1.21 bits per heavy atom. The van der Waals surface area contributed by atoms with E-state index in [4.69, 9.17) is 9.47 Å². The van der Waals surface area contributed by atoms with Crippen LogP contribution in [0.25, 0.3) is 10.9 Å². The molecular formula is C15H17NO3. The van der Waals surface area contributed by atoms with Crippen molar-refractivity contribution >= 4 is 16.7 Å². The van der Waals surface area contributed by atoms with E-state index in [1.807, 2.05) is 38.1 Å². The fraction of sp³-hybridized carbons (Fsp3) is 0.333. The van der Waals surface area contributed by atoms with E-state index < -0.39 is 6.29 Å². The SMILES string of the molecule is CCOC(OCC)C(=O)c1ccc2ncccc2c1. The van der Waals surface area contributed by atoms with Crippen molar-refractivity contribution in [3.8, 4) is 0 Å². The molecule has 1 heterocycles. The van der Waals surface area contributed by atoms with Crippen LogP contribution in [0.5, 0.6) is 0 Å². The molecule has 0 atom stereocenters. The van der Waals surface area contributed by atoms with Crippen LogP contribution < -0.4 is 0 Å². The van der Waals surface area contributed by atoms with E-state index in [9.17, 15) is 4.79 Å².